The number of rotatable bonds is 7. The van der Waals surface area contributed by atoms with Gasteiger partial charge in [-0.3, -0.25) is 9.36 Å². The molecule has 1 aliphatic carbocycles. The minimum Gasteiger partial charge on any atom is -0.393 e. The Bertz CT molecular complexity index is 1510. The number of aliphatic hydroxyl groups excluding tert-OH is 1. The third-order valence-corrected chi connectivity index (χ3v) is 8.02. The summed E-state index contributed by atoms with van der Waals surface area (Å²) in [6.45, 7) is 0.324. The van der Waals surface area contributed by atoms with Gasteiger partial charge in [-0.15, -0.1) is 0 Å². The van der Waals surface area contributed by atoms with E-state index in [-0.39, 0.29) is 40.9 Å². The first kappa shape index (κ1) is 28.9. The standard InChI is InChI=1S/C26H28F3N6O5P/c1-35-12-18-17(15-3-5-16(36)6-4-15)7-8-20(22(18)24(35)37)32-23-19(26(27,28)29)11-31-25(34-23)33-21-9-2-14(10-30-21)13-41(38,39)40/h2,7-11,15-16,36H,3-6,12-13H2,1H3,(H2,38,39,40)(H2,30,31,32,33,34)/t15-,16-. The van der Waals surface area contributed by atoms with Crippen molar-refractivity contribution in [1.82, 2.24) is 19.9 Å². The Kier molecular flexibility index (Phi) is 7.77. The van der Waals surface area contributed by atoms with E-state index in [4.69, 9.17) is 9.79 Å². The molecule has 0 atom stereocenters. The lowest BCUT2D eigenvalue weighted by atomic mass is 9.80. The van der Waals surface area contributed by atoms with Crippen LogP contribution in [0.2, 0.25) is 0 Å². The number of aromatic nitrogens is 3. The summed E-state index contributed by atoms with van der Waals surface area (Å²) in [5.41, 5.74) is 1.33. The number of anilines is 4. The number of pyridine rings is 1. The van der Waals surface area contributed by atoms with Crippen LogP contribution in [-0.2, 0) is 23.4 Å². The molecule has 5 N–H and O–H groups in total. The van der Waals surface area contributed by atoms with Crippen LogP contribution in [0.25, 0.3) is 0 Å². The molecule has 41 heavy (non-hydrogen) atoms. The van der Waals surface area contributed by atoms with Crippen LogP contribution in [-0.4, -0.2) is 53.8 Å². The van der Waals surface area contributed by atoms with Crippen molar-refractivity contribution in [2.75, 3.05) is 17.7 Å². The summed E-state index contributed by atoms with van der Waals surface area (Å²) >= 11 is 0. The Hall–Kier alpha value is -3.58. The molecule has 1 aliphatic heterocycles. The van der Waals surface area contributed by atoms with Gasteiger partial charge in [0.15, 0.2) is 0 Å². The van der Waals surface area contributed by atoms with E-state index in [0.717, 1.165) is 24.0 Å². The van der Waals surface area contributed by atoms with Gasteiger partial charge in [-0.25, -0.2) is 9.97 Å². The van der Waals surface area contributed by atoms with Gasteiger partial charge in [-0.05, 0) is 60.4 Å². The molecule has 0 saturated heterocycles. The molecule has 11 nitrogen and oxygen atoms in total. The van der Waals surface area contributed by atoms with E-state index in [0.29, 0.717) is 31.1 Å². The Labute approximate surface area is 233 Å². The van der Waals surface area contributed by atoms with Gasteiger partial charge in [0.05, 0.1) is 23.5 Å². The van der Waals surface area contributed by atoms with Gasteiger partial charge in [0, 0.05) is 26.0 Å². The maximum atomic E-state index is 13.9. The van der Waals surface area contributed by atoms with Crippen molar-refractivity contribution in [2.45, 2.75) is 56.6 Å². The fourth-order valence-corrected chi connectivity index (χ4v) is 5.93. The van der Waals surface area contributed by atoms with Gasteiger partial charge in [0.25, 0.3) is 5.91 Å². The Morgan fingerprint density at radius 2 is 1.78 bits per heavy atom. The molecule has 5 rings (SSSR count). The highest BCUT2D eigenvalue weighted by atomic mass is 31.2. The van der Waals surface area contributed by atoms with Crippen molar-refractivity contribution >= 4 is 36.8 Å². The zero-order valence-electron chi connectivity index (χ0n) is 21.9. The van der Waals surface area contributed by atoms with E-state index in [9.17, 15) is 27.6 Å². The molecule has 1 saturated carbocycles. The number of fused-ring (bicyclic) bond motifs is 1. The highest BCUT2D eigenvalue weighted by Crippen LogP contribution is 2.42. The van der Waals surface area contributed by atoms with Crippen LogP contribution in [0, 0.1) is 0 Å². The first-order chi connectivity index (χ1) is 19.3. The average molecular weight is 593 g/mol. The molecule has 1 amide bonds. The quantitative estimate of drug-likeness (QED) is 0.244. The van der Waals surface area contributed by atoms with Gasteiger partial charge in [-0.2, -0.15) is 18.2 Å². The van der Waals surface area contributed by atoms with Crippen LogP contribution in [0.4, 0.5) is 36.4 Å². The summed E-state index contributed by atoms with van der Waals surface area (Å²) in [5, 5.41) is 15.3. The average Bonchev–Trinajstić information content (AvgIpc) is 3.19. The molecule has 1 fully saturated rings. The van der Waals surface area contributed by atoms with Crippen molar-refractivity contribution in [3.05, 3.63) is 64.5 Å². The highest BCUT2D eigenvalue weighted by Gasteiger charge is 2.37. The maximum Gasteiger partial charge on any atom is 0.421 e. The predicted octanol–water partition coefficient (Wildman–Crippen LogP) is 4.66. The minimum atomic E-state index is -4.80. The smallest absolute Gasteiger partial charge is 0.393 e. The normalized spacial score (nSPS) is 19.3. The SMILES string of the molecule is CN1Cc2c(c(Nc3nc(Nc4ccc(CP(=O)(O)O)cn4)ncc3C(F)(F)F)ccc2[C@H]2CC[C@H](O)CC2)C1=O. The molecule has 0 bridgehead atoms. The maximum absolute atomic E-state index is 13.9. The fraction of sp³-hybridized carbons (Fsp3) is 0.385. The van der Waals surface area contributed by atoms with Gasteiger partial charge in [0.2, 0.25) is 5.95 Å². The van der Waals surface area contributed by atoms with E-state index in [1.165, 1.54) is 23.2 Å². The van der Waals surface area contributed by atoms with E-state index in [1.54, 1.807) is 13.1 Å². The molecule has 2 aromatic heterocycles. The van der Waals surface area contributed by atoms with Crippen LogP contribution in [0.3, 0.4) is 0 Å². The first-order valence-electron chi connectivity index (χ1n) is 12.9. The van der Waals surface area contributed by atoms with Crippen molar-refractivity contribution in [3.63, 3.8) is 0 Å². The number of nitrogens with zero attached hydrogens (tertiary/aromatic N) is 4. The molecule has 3 aromatic rings. The lowest BCUT2D eigenvalue weighted by Gasteiger charge is -2.27. The zero-order valence-corrected chi connectivity index (χ0v) is 22.8. The number of nitrogens with one attached hydrogen (secondary N) is 2. The summed E-state index contributed by atoms with van der Waals surface area (Å²) < 4.78 is 53.0. The molecule has 15 heteroatoms. The number of carbonyl (C=O) groups is 1. The molecular formula is C26H28F3N6O5P. The van der Waals surface area contributed by atoms with E-state index >= 15 is 0 Å². The zero-order chi connectivity index (χ0) is 29.5. The summed E-state index contributed by atoms with van der Waals surface area (Å²) in [4.78, 5) is 44.7. The molecule has 2 aliphatic rings. The lowest BCUT2D eigenvalue weighted by Crippen LogP contribution is -2.18. The van der Waals surface area contributed by atoms with Crippen molar-refractivity contribution < 1.29 is 37.4 Å². The summed E-state index contributed by atoms with van der Waals surface area (Å²) in [7, 11) is -2.66. The van der Waals surface area contributed by atoms with E-state index < -0.39 is 31.3 Å². The van der Waals surface area contributed by atoms with Crippen LogP contribution in [0.1, 0.15) is 64.2 Å². The number of halogens is 3. The lowest BCUT2D eigenvalue weighted by molar-refractivity contribution is -0.137. The summed E-state index contributed by atoms with van der Waals surface area (Å²) in [6.07, 6.45) is -0.996. The Morgan fingerprint density at radius 1 is 1.05 bits per heavy atom. The third-order valence-electron chi connectivity index (χ3n) is 7.24. The number of hydrogen-bond acceptors (Lipinski definition) is 8. The van der Waals surface area contributed by atoms with Gasteiger partial charge >= 0.3 is 13.8 Å². The number of amides is 1. The second-order valence-corrected chi connectivity index (χ2v) is 11.9. The minimum absolute atomic E-state index is 0.140. The third kappa shape index (κ3) is 6.51. The first-order valence-corrected chi connectivity index (χ1v) is 14.7. The highest BCUT2D eigenvalue weighted by molar-refractivity contribution is 7.50. The molecule has 3 heterocycles. The predicted molar refractivity (Wildman–Crippen MR) is 143 cm³/mol. The Balaban J connectivity index is 1.46. The van der Waals surface area contributed by atoms with Gasteiger partial charge in [-0.1, -0.05) is 12.1 Å². The molecule has 0 unspecified atom stereocenters. The van der Waals surface area contributed by atoms with Gasteiger partial charge < -0.3 is 30.4 Å². The van der Waals surface area contributed by atoms with Crippen molar-refractivity contribution in [3.8, 4) is 0 Å². The van der Waals surface area contributed by atoms with Crippen LogP contribution >= 0.6 is 7.60 Å². The molecule has 0 spiro atoms. The van der Waals surface area contributed by atoms with Gasteiger partial charge in [0.1, 0.15) is 17.2 Å². The summed E-state index contributed by atoms with van der Waals surface area (Å²) in [5.74, 6) is -0.813. The van der Waals surface area contributed by atoms with Crippen LogP contribution < -0.4 is 10.6 Å². The Morgan fingerprint density at radius 3 is 2.41 bits per heavy atom. The van der Waals surface area contributed by atoms with E-state index in [2.05, 4.69) is 25.6 Å². The fourth-order valence-electron chi connectivity index (χ4n) is 5.27. The molecule has 218 valence electrons. The molecule has 0 radical (unpaired) electrons. The van der Waals surface area contributed by atoms with Crippen molar-refractivity contribution in [2.24, 2.45) is 0 Å². The topological polar surface area (TPSA) is 161 Å². The summed E-state index contributed by atoms with van der Waals surface area (Å²) in [6, 6.07) is 6.22. The molecular weight excluding hydrogens is 564 g/mol. The monoisotopic (exact) mass is 592 g/mol. The van der Waals surface area contributed by atoms with Crippen molar-refractivity contribution in [1.29, 1.82) is 0 Å². The largest absolute Gasteiger partial charge is 0.421 e. The van der Waals surface area contributed by atoms with Crippen LogP contribution in [0.5, 0.6) is 0 Å². The van der Waals surface area contributed by atoms with Crippen LogP contribution in [0.15, 0.2) is 36.7 Å². The molecule has 1 aromatic carbocycles. The second-order valence-electron chi connectivity index (χ2n) is 10.3. The second kappa shape index (κ2) is 11.0. The number of carbonyl (C=O) groups excluding carboxylic acids is 1. The number of benzene rings is 1. The number of hydrogen-bond donors (Lipinski definition) is 5. The number of aliphatic hydroxyl groups is 1. The number of alkyl halides is 3. The van der Waals surface area contributed by atoms with E-state index in [1.807, 2.05) is 6.07 Å².